The van der Waals surface area contributed by atoms with Gasteiger partial charge in [0.15, 0.2) is 11.5 Å². The smallest absolute Gasteiger partial charge is 0.263 e. The lowest BCUT2D eigenvalue weighted by Gasteiger charge is -2.12. The van der Waals surface area contributed by atoms with Gasteiger partial charge in [0.25, 0.3) is 5.95 Å². The van der Waals surface area contributed by atoms with Gasteiger partial charge in [0, 0.05) is 0 Å². The van der Waals surface area contributed by atoms with Crippen molar-refractivity contribution in [1.29, 1.82) is 0 Å². The molecule has 2 rings (SSSR count). The standard InChI is InChI=1S/C13H15BrN6O2/c1-3-4-22-12-10(14)5-9(6-11(12)21-2)7-16-18-13-19-17-8-20(13)15/h3,5-8H,1,4,15H2,2H3,(H,18,19)/b16-7-. The first-order valence-electron chi connectivity index (χ1n) is 6.21. The Hall–Kier alpha value is -2.55. The Kier molecular flexibility index (Phi) is 5.37. The van der Waals surface area contributed by atoms with E-state index in [0.717, 1.165) is 10.0 Å². The molecule has 22 heavy (non-hydrogen) atoms. The van der Waals surface area contributed by atoms with E-state index in [9.17, 15) is 0 Å². The summed E-state index contributed by atoms with van der Waals surface area (Å²) in [4.78, 5) is 0. The first kappa shape index (κ1) is 15.8. The van der Waals surface area contributed by atoms with Crippen molar-refractivity contribution in [2.24, 2.45) is 5.10 Å². The highest BCUT2D eigenvalue weighted by atomic mass is 79.9. The Morgan fingerprint density at radius 3 is 3.00 bits per heavy atom. The zero-order valence-electron chi connectivity index (χ0n) is 11.9. The summed E-state index contributed by atoms with van der Waals surface area (Å²) >= 11 is 3.44. The highest BCUT2D eigenvalue weighted by Gasteiger charge is 2.10. The summed E-state index contributed by atoms with van der Waals surface area (Å²) in [5.74, 6) is 7.08. The van der Waals surface area contributed by atoms with E-state index in [1.165, 1.54) is 11.0 Å². The number of nitrogen functional groups attached to an aromatic ring is 1. The molecule has 0 saturated carbocycles. The number of hydrogen-bond donors (Lipinski definition) is 2. The van der Waals surface area contributed by atoms with Crippen molar-refractivity contribution in [3.63, 3.8) is 0 Å². The molecule has 9 heteroatoms. The minimum Gasteiger partial charge on any atom is -0.493 e. The van der Waals surface area contributed by atoms with E-state index in [-0.39, 0.29) is 0 Å². The van der Waals surface area contributed by atoms with Crippen LogP contribution in [0.3, 0.4) is 0 Å². The van der Waals surface area contributed by atoms with Crippen molar-refractivity contribution < 1.29 is 9.47 Å². The molecule has 0 bridgehead atoms. The van der Waals surface area contributed by atoms with Crippen LogP contribution >= 0.6 is 15.9 Å². The molecule has 1 aromatic carbocycles. The number of benzene rings is 1. The van der Waals surface area contributed by atoms with Gasteiger partial charge in [0.05, 0.1) is 17.8 Å². The van der Waals surface area contributed by atoms with Crippen molar-refractivity contribution in [3.8, 4) is 11.5 Å². The Bertz CT molecular complexity index is 685. The summed E-state index contributed by atoms with van der Waals surface area (Å²) in [6.45, 7) is 4.00. The van der Waals surface area contributed by atoms with Gasteiger partial charge in [-0.25, -0.2) is 10.1 Å². The quantitative estimate of drug-likeness (QED) is 0.335. The number of methoxy groups -OCH3 is 1. The Labute approximate surface area is 135 Å². The minimum atomic E-state index is 0.327. The van der Waals surface area contributed by atoms with Gasteiger partial charge in [-0.3, -0.25) is 0 Å². The van der Waals surface area contributed by atoms with E-state index in [2.05, 4.69) is 43.2 Å². The first-order chi connectivity index (χ1) is 10.7. The van der Waals surface area contributed by atoms with E-state index < -0.39 is 0 Å². The lowest BCUT2D eigenvalue weighted by Crippen LogP contribution is -2.10. The highest BCUT2D eigenvalue weighted by Crippen LogP contribution is 2.36. The monoisotopic (exact) mass is 366 g/mol. The molecular formula is C13H15BrN6O2. The molecule has 0 amide bonds. The number of aromatic nitrogens is 3. The van der Waals surface area contributed by atoms with Crippen LogP contribution < -0.4 is 20.7 Å². The summed E-state index contributed by atoms with van der Waals surface area (Å²) in [5, 5.41) is 11.4. The number of ether oxygens (including phenoxy) is 2. The summed E-state index contributed by atoms with van der Waals surface area (Å²) in [5.41, 5.74) is 3.48. The average molecular weight is 367 g/mol. The molecule has 0 aliphatic heterocycles. The van der Waals surface area contributed by atoms with E-state index in [0.29, 0.717) is 24.1 Å². The molecule has 0 atom stereocenters. The third-order valence-electron chi connectivity index (χ3n) is 2.55. The Balaban J connectivity index is 2.16. The molecule has 8 nitrogen and oxygen atoms in total. The second-order valence-corrected chi connectivity index (χ2v) is 4.92. The molecule has 0 saturated heterocycles. The molecule has 0 radical (unpaired) electrons. The third-order valence-corrected chi connectivity index (χ3v) is 3.14. The number of nitrogens with one attached hydrogen (secondary N) is 1. The molecule has 0 fully saturated rings. The van der Waals surface area contributed by atoms with Gasteiger partial charge >= 0.3 is 0 Å². The molecule has 1 heterocycles. The van der Waals surface area contributed by atoms with E-state index in [1.807, 2.05) is 6.07 Å². The van der Waals surface area contributed by atoms with Crippen LogP contribution in [0.25, 0.3) is 0 Å². The van der Waals surface area contributed by atoms with Gasteiger partial charge in [0.2, 0.25) is 0 Å². The molecule has 0 aliphatic carbocycles. The number of hydrazone groups is 1. The maximum absolute atomic E-state index is 5.56. The fraction of sp³-hybridized carbons (Fsp3) is 0.154. The topological polar surface area (TPSA) is 99.6 Å². The predicted molar refractivity (Wildman–Crippen MR) is 87.8 cm³/mol. The lowest BCUT2D eigenvalue weighted by atomic mass is 10.2. The van der Waals surface area contributed by atoms with Crippen LogP contribution in [-0.4, -0.2) is 34.8 Å². The maximum atomic E-state index is 5.56. The van der Waals surface area contributed by atoms with Crippen LogP contribution in [0.2, 0.25) is 0 Å². The lowest BCUT2D eigenvalue weighted by molar-refractivity contribution is 0.324. The normalized spacial score (nSPS) is 10.6. The van der Waals surface area contributed by atoms with Gasteiger partial charge in [-0.15, -0.1) is 10.2 Å². The summed E-state index contributed by atoms with van der Waals surface area (Å²) < 4.78 is 12.8. The van der Waals surface area contributed by atoms with Gasteiger partial charge in [-0.1, -0.05) is 12.7 Å². The van der Waals surface area contributed by atoms with Crippen molar-refractivity contribution >= 4 is 28.1 Å². The van der Waals surface area contributed by atoms with E-state index >= 15 is 0 Å². The Morgan fingerprint density at radius 2 is 2.36 bits per heavy atom. The van der Waals surface area contributed by atoms with E-state index in [4.69, 9.17) is 15.3 Å². The molecule has 2 aromatic rings. The number of nitrogens with zero attached hydrogens (tertiary/aromatic N) is 4. The van der Waals surface area contributed by atoms with Crippen LogP contribution in [0.5, 0.6) is 11.5 Å². The van der Waals surface area contributed by atoms with E-state index in [1.54, 1.807) is 25.5 Å². The van der Waals surface area contributed by atoms with Crippen LogP contribution in [0, 0.1) is 0 Å². The van der Waals surface area contributed by atoms with Gasteiger partial charge in [-0.05, 0) is 33.6 Å². The number of hydrogen-bond acceptors (Lipinski definition) is 7. The number of anilines is 1. The third kappa shape index (κ3) is 3.76. The summed E-state index contributed by atoms with van der Waals surface area (Å²) in [6, 6.07) is 3.64. The largest absolute Gasteiger partial charge is 0.493 e. The van der Waals surface area contributed by atoms with Crippen molar-refractivity contribution in [3.05, 3.63) is 41.2 Å². The summed E-state index contributed by atoms with van der Waals surface area (Å²) in [7, 11) is 1.57. The van der Waals surface area contributed by atoms with Crippen molar-refractivity contribution in [2.45, 2.75) is 0 Å². The Morgan fingerprint density at radius 1 is 1.55 bits per heavy atom. The number of halogens is 1. The second kappa shape index (κ2) is 7.46. The van der Waals surface area contributed by atoms with Crippen LogP contribution in [-0.2, 0) is 0 Å². The SMILES string of the molecule is C=CCOc1c(Br)cc(/C=N\Nc2nncn2N)cc1OC. The zero-order chi connectivity index (χ0) is 15.9. The fourth-order valence-corrected chi connectivity index (χ4v) is 2.16. The molecule has 0 aliphatic rings. The summed E-state index contributed by atoms with van der Waals surface area (Å²) in [6.07, 6.45) is 4.62. The van der Waals surface area contributed by atoms with Gasteiger partial charge in [-0.2, -0.15) is 5.10 Å². The van der Waals surface area contributed by atoms with Gasteiger partial charge < -0.3 is 15.3 Å². The molecule has 0 spiro atoms. The number of nitrogens with two attached hydrogens (primary N) is 1. The molecular weight excluding hydrogens is 352 g/mol. The molecule has 0 unspecified atom stereocenters. The van der Waals surface area contributed by atoms with Crippen LogP contribution in [0.4, 0.5) is 5.95 Å². The molecule has 116 valence electrons. The van der Waals surface area contributed by atoms with Crippen molar-refractivity contribution in [1.82, 2.24) is 14.9 Å². The van der Waals surface area contributed by atoms with Gasteiger partial charge in [0.1, 0.15) is 12.9 Å². The van der Waals surface area contributed by atoms with Crippen LogP contribution in [0.15, 0.2) is 40.7 Å². The highest BCUT2D eigenvalue weighted by molar-refractivity contribution is 9.10. The second-order valence-electron chi connectivity index (χ2n) is 4.07. The first-order valence-corrected chi connectivity index (χ1v) is 7.00. The predicted octanol–water partition coefficient (Wildman–Crippen LogP) is 1.77. The molecule has 3 N–H and O–H groups in total. The average Bonchev–Trinajstić information content (AvgIpc) is 2.91. The number of rotatable bonds is 7. The fourth-order valence-electron chi connectivity index (χ4n) is 1.58. The van der Waals surface area contributed by atoms with Crippen molar-refractivity contribution in [2.75, 3.05) is 25.0 Å². The van der Waals surface area contributed by atoms with Crippen LogP contribution in [0.1, 0.15) is 5.56 Å². The molecule has 1 aromatic heterocycles. The zero-order valence-corrected chi connectivity index (χ0v) is 13.4. The maximum Gasteiger partial charge on any atom is 0.263 e. The minimum absolute atomic E-state index is 0.327.